The number of rotatable bonds is 4. The maximum atomic E-state index is 11.8. The van der Waals surface area contributed by atoms with Crippen LogP contribution >= 0.6 is 11.9 Å². The van der Waals surface area contributed by atoms with Gasteiger partial charge in [0.15, 0.2) is 0 Å². The van der Waals surface area contributed by atoms with Gasteiger partial charge in [-0.15, -0.1) is 10.2 Å². The third-order valence-corrected chi connectivity index (χ3v) is 3.28. The average molecular weight is 295 g/mol. The molecule has 0 spiro atoms. The Labute approximate surface area is 121 Å². The first-order valence-corrected chi connectivity index (χ1v) is 6.96. The second-order valence-corrected chi connectivity index (χ2v) is 5.33. The maximum Gasteiger partial charge on any atom is 0.344 e. The molecule has 2 rings (SSSR count). The summed E-state index contributed by atoms with van der Waals surface area (Å²) in [6.07, 6.45) is 1.88. The number of nitrogens with one attached hydrogen (secondary N) is 2. The molecule has 0 aliphatic rings. The third-order valence-electron chi connectivity index (χ3n) is 2.56. The van der Waals surface area contributed by atoms with Crippen LogP contribution in [-0.4, -0.2) is 30.7 Å². The van der Waals surface area contributed by atoms with Gasteiger partial charge in [0.2, 0.25) is 0 Å². The number of amides is 2. The summed E-state index contributed by atoms with van der Waals surface area (Å²) < 4.78 is 6.00. The van der Waals surface area contributed by atoms with Crippen LogP contribution in [0.15, 0.2) is 17.3 Å². The van der Waals surface area contributed by atoms with Gasteiger partial charge >= 0.3 is 6.03 Å². The molecule has 0 atom stereocenters. The molecule has 8 nitrogen and oxygen atoms in total. The lowest BCUT2D eigenvalue weighted by Gasteiger charge is -2.08. The van der Waals surface area contributed by atoms with Crippen LogP contribution in [0, 0.1) is 13.8 Å². The zero-order chi connectivity index (χ0) is 14.7. The number of urea groups is 1. The van der Waals surface area contributed by atoms with Crippen molar-refractivity contribution in [2.45, 2.75) is 38.8 Å². The van der Waals surface area contributed by atoms with Crippen molar-refractivity contribution in [3.05, 3.63) is 23.9 Å². The van der Waals surface area contributed by atoms with E-state index in [0.717, 1.165) is 17.0 Å². The lowest BCUT2D eigenvalue weighted by atomic mass is 10.4. The van der Waals surface area contributed by atoms with Crippen LogP contribution in [0.25, 0.3) is 0 Å². The standard InChI is InChI=1S/C11H17N7OS/c1-7(2)17-6-5-10(14-17)20-16-11(19)15-18-8(3)12-13-9(18)4/h5-7H,1-4H3,(H2,15,16,19). The number of nitrogens with zero attached hydrogens (tertiary/aromatic N) is 5. The van der Waals surface area contributed by atoms with Gasteiger partial charge in [0, 0.05) is 24.2 Å². The summed E-state index contributed by atoms with van der Waals surface area (Å²) >= 11 is 1.15. The van der Waals surface area contributed by atoms with Gasteiger partial charge in [-0.3, -0.25) is 9.40 Å². The van der Waals surface area contributed by atoms with Gasteiger partial charge in [0.1, 0.15) is 16.7 Å². The lowest BCUT2D eigenvalue weighted by Crippen LogP contribution is -2.31. The molecular formula is C11H17N7OS. The van der Waals surface area contributed by atoms with E-state index >= 15 is 0 Å². The van der Waals surface area contributed by atoms with Crippen molar-refractivity contribution in [1.29, 1.82) is 0 Å². The predicted octanol–water partition coefficient (Wildman–Crippen LogP) is 1.63. The number of hydrogen-bond acceptors (Lipinski definition) is 5. The Hall–Kier alpha value is -2.03. The van der Waals surface area contributed by atoms with Gasteiger partial charge in [0.25, 0.3) is 0 Å². The first-order valence-electron chi connectivity index (χ1n) is 6.15. The van der Waals surface area contributed by atoms with Gasteiger partial charge in [-0.25, -0.2) is 14.9 Å². The van der Waals surface area contributed by atoms with Crippen LogP contribution in [0.1, 0.15) is 31.5 Å². The fraction of sp³-hybridized carbons (Fsp3) is 0.455. The molecule has 0 saturated heterocycles. The quantitative estimate of drug-likeness (QED) is 0.837. The van der Waals surface area contributed by atoms with E-state index in [1.54, 1.807) is 13.8 Å². The summed E-state index contributed by atoms with van der Waals surface area (Å²) in [6.45, 7) is 7.60. The van der Waals surface area contributed by atoms with E-state index in [4.69, 9.17) is 0 Å². The average Bonchev–Trinajstić information content (AvgIpc) is 2.98. The SMILES string of the molecule is Cc1nnc(C)n1NC(=O)NSc1ccn(C(C)C)n1. The Morgan fingerprint density at radius 3 is 2.50 bits per heavy atom. The fourth-order valence-corrected chi connectivity index (χ4v) is 2.02. The first kappa shape index (κ1) is 14.4. The Bertz CT molecular complexity index is 584. The Kier molecular flexibility index (Phi) is 4.28. The smallest absolute Gasteiger partial charge is 0.275 e. The highest BCUT2D eigenvalue weighted by atomic mass is 32.2. The molecule has 2 amide bonds. The molecule has 2 heterocycles. The van der Waals surface area contributed by atoms with Crippen LogP contribution in [0.4, 0.5) is 4.79 Å². The third kappa shape index (κ3) is 3.29. The minimum Gasteiger partial charge on any atom is -0.275 e. The molecule has 0 aromatic carbocycles. The van der Waals surface area contributed by atoms with Crippen molar-refractivity contribution in [1.82, 2.24) is 29.4 Å². The van der Waals surface area contributed by atoms with E-state index in [0.29, 0.717) is 17.7 Å². The van der Waals surface area contributed by atoms with Gasteiger partial charge < -0.3 is 0 Å². The second-order valence-electron chi connectivity index (χ2n) is 4.50. The summed E-state index contributed by atoms with van der Waals surface area (Å²) in [5.74, 6) is 1.23. The number of hydrogen-bond donors (Lipinski definition) is 2. The molecule has 0 radical (unpaired) electrons. The highest BCUT2D eigenvalue weighted by molar-refractivity contribution is 7.97. The summed E-state index contributed by atoms with van der Waals surface area (Å²) in [6, 6.07) is 1.78. The van der Waals surface area contributed by atoms with Crippen molar-refractivity contribution in [2.24, 2.45) is 0 Å². The molecule has 0 fully saturated rings. The monoisotopic (exact) mass is 295 g/mol. The second kappa shape index (κ2) is 5.95. The van der Waals surface area contributed by atoms with Gasteiger partial charge in [-0.05, 0) is 33.8 Å². The lowest BCUT2D eigenvalue weighted by molar-refractivity contribution is 0.254. The molecular weight excluding hydrogens is 278 g/mol. The zero-order valence-electron chi connectivity index (χ0n) is 11.8. The highest BCUT2D eigenvalue weighted by Gasteiger charge is 2.09. The summed E-state index contributed by atoms with van der Waals surface area (Å²) in [4.78, 5) is 11.8. The summed E-state index contributed by atoms with van der Waals surface area (Å²) in [5.41, 5.74) is 2.64. The number of aromatic nitrogens is 5. The number of carbonyl (C=O) groups excluding carboxylic acids is 1. The fourth-order valence-electron chi connectivity index (χ4n) is 1.52. The first-order chi connectivity index (χ1) is 9.47. The van der Waals surface area contributed by atoms with E-state index < -0.39 is 0 Å². The van der Waals surface area contributed by atoms with E-state index in [2.05, 4.69) is 25.4 Å². The highest BCUT2D eigenvalue weighted by Crippen LogP contribution is 2.13. The molecule has 0 unspecified atom stereocenters. The van der Waals surface area contributed by atoms with Gasteiger partial charge in [0.05, 0.1) is 0 Å². The number of carbonyl (C=O) groups is 1. The van der Waals surface area contributed by atoms with Crippen molar-refractivity contribution in [3.63, 3.8) is 0 Å². The van der Waals surface area contributed by atoms with Crippen LogP contribution < -0.4 is 10.1 Å². The van der Waals surface area contributed by atoms with Gasteiger partial charge in [-0.2, -0.15) is 5.10 Å². The van der Waals surface area contributed by atoms with E-state index in [9.17, 15) is 4.79 Å². The molecule has 9 heteroatoms. The van der Waals surface area contributed by atoms with Crippen molar-refractivity contribution < 1.29 is 4.79 Å². The van der Waals surface area contributed by atoms with Crippen molar-refractivity contribution in [2.75, 3.05) is 5.43 Å². The normalized spacial score (nSPS) is 10.8. The molecule has 108 valence electrons. The van der Waals surface area contributed by atoms with Crippen molar-refractivity contribution >= 4 is 18.0 Å². The van der Waals surface area contributed by atoms with Crippen LogP contribution in [0.3, 0.4) is 0 Å². The molecule has 0 saturated carbocycles. The minimum absolute atomic E-state index is 0.292. The van der Waals surface area contributed by atoms with E-state index in [1.165, 1.54) is 4.68 Å². The molecule has 0 aliphatic carbocycles. The van der Waals surface area contributed by atoms with E-state index in [1.807, 2.05) is 30.8 Å². The molecule has 0 bridgehead atoms. The number of aryl methyl sites for hydroxylation is 2. The zero-order valence-corrected chi connectivity index (χ0v) is 12.6. The molecule has 2 N–H and O–H groups in total. The summed E-state index contributed by atoms with van der Waals surface area (Å²) in [7, 11) is 0. The minimum atomic E-state index is -0.361. The topological polar surface area (TPSA) is 89.7 Å². The van der Waals surface area contributed by atoms with Crippen LogP contribution in [0.5, 0.6) is 0 Å². The maximum absolute atomic E-state index is 11.8. The Morgan fingerprint density at radius 1 is 1.30 bits per heavy atom. The molecule has 2 aromatic heterocycles. The molecule has 0 aliphatic heterocycles. The van der Waals surface area contributed by atoms with Crippen LogP contribution in [-0.2, 0) is 0 Å². The van der Waals surface area contributed by atoms with Gasteiger partial charge in [-0.1, -0.05) is 0 Å². The molecule has 20 heavy (non-hydrogen) atoms. The van der Waals surface area contributed by atoms with Crippen molar-refractivity contribution in [3.8, 4) is 0 Å². The van der Waals surface area contributed by atoms with E-state index in [-0.39, 0.29) is 6.03 Å². The Morgan fingerprint density at radius 2 is 1.95 bits per heavy atom. The summed E-state index contributed by atoms with van der Waals surface area (Å²) in [5, 5.41) is 12.8. The largest absolute Gasteiger partial charge is 0.344 e. The molecule has 2 aromatic rings. The van der Waals surface area contributed by atoms with Crippen LogP contribution in [0.2, 0.25) is 0 Å². The predicted molar refractivity (Wildman–Crippen MR) is 75.9 cm³/mol. The Balaban J connectivity index is 1.89.